The quantitative estimate of drug-likeness (QED) is 0.823. The van der Waals surface area contributed by atoms with Crippen LogP contribution in [0.1, 0.15) is 13.3 Å². The number of benzene rings is 1. The summed E-state index contributed by atoms with van der Waals surface area (Å²) < 4.78 is 0. The minimum atomic E-state index is 1.05. The van der Waals surface area contributed by atoms with E-state index in [4.69, 9.17) is 12.2 Å². The van der Waals surface area contributed by atoms with Gasteiger partial charge in [0.2, 0.25) is 0 Å². The SMILES string of the molecule is CCCN1CCN(c2ccc(NC=S)cc2)CC1. The van der Waals surface area contributed by atoms with E-state index in [0.717, 1.165) is 18.8 Å². The lowest BCUT2D eigenvalue weighted by molar-refractivity contribution is 0.258. The molecule has 0 atom stereocenters. The fourth-order valence-corrected chi connectivity index (χ4v) is 2.52. The Morgan fingerprint density at radius 2 is 1.83 bits per heavy atom. The van der Waals surface area contributed by atoms with Gasteiger partial charge in [0.25, 0.3) is 0 Å². The Kier molecular flexibility index (Phi) is 4.96. The van der Waals surface area contributed by atoms with Gasteiger partial charge in [0.1, 0.15) is 0 Å². The molecule has 0 aromatic heterocycles. The Hall–Kier alpha value is -1.13. The normalized spacial score (nSPS) is 16.6. The minimum absolute atomic E-state index is 1.05. The second-order valence-corrected chi connectivity index (χ2v) is 4.87. The molecule has 98 valence electrons. The Morgan fingerprint density at radius 3 is 2.39 bits per heavy atom. The Morgan fingerprint density at radius 1 is 1.17 bits per heavy atom. The second-order valence-electron chi connectivity index (χ2n) is 4.64. The van der Waals surface area contributed by atoms with Crippen LogP contribution in [0.3, 0.4) is 0 Å². The van der Waals surface area contributed by atoms with E-state index in [1.807, 2.05) is 0 Å². The van der Waals surface area contributed by atoms with E-state index in [2.05, 4.69) is 46.3 Å². The maximum atomic E-state index is 4.78. The smallest absolute Gasteiger partial charge is 0.0658 e. The molecule has 0 spiro atoms. The average molecular weight is 263 g/mol. The number of hydrogen-bond acceptors (Lipinski definition) is 3. The number of rotatable bonds is 5. The molecule has 1 aliphatic heterocycles. The maximum Gasteiger partial charge on any atom is 0.0658 e. The molecule has 1 aliphatic rings. The summed E-state index contributed by atoms with van der Waals surface area (Å²) in [7, 11) is 0. The molecule has 1 N–H and O–H groups in total. The van der Waals surface area contributed by atoms with Crippen molar-refractivity contribution < 1.29 is 0 Å². The van der Waals surface area contributed by atoms with Crippen LogP contribution in [0.4, 0.5) is 11.4 Å². The molecular formula is C14H21N3S. The molecule has 2 rings (SSSR count). The van der Waals surface area contributed by atoms with Crippen LogP contribution in [0, 0.1) is 0 Å². The molecule has 3 nitrogen and oxygen atoms in total. The number of hydrogen-bond donors (Lipinski definition) is 1. The first-order valence-electron chi connectivity index (χ1n) is 6.61. The summed E-state index contributed by atoms with van der Waals surface area (Å²) >= 11 is 4.78. The zero-order valence-electron chi connectivity index (χ0n) is 10.9. The van der Waals surface area contributed by atoms with Crippen molar-refractivity contribution in [1.82, 2.24) is 4.90 Å². The number of piperazine rings is 1. The predicted molar refractivity (Wildman–Crippen MR) is 82.7 cm³/mol. The summed E-state index contributed by atoms with van der Waals surface area (Å²) in [6.07, 6.45) is 1.25. The van der Waals surface area contributed by atoms with Gasteiger partial charge in [-0.15, -0.1) is 0 Å². The zero-order chi connectivity index (χ0) is 12.8. The standard InChI is InChI=1S/C14H21N3S/c1-2-7-16-8-10-17(11-9-16)14-5-3-13(4-6-14)15-12-18/h3-6,12H,2,7-11H2,1H3,(H,15,18). The van der Waals surface area contributed by atoms with E-state index in [-0.39, 0.29) is 0 Å². The molecule has 0 radical (unpaired) electrons. The fraction of sp³-hybridized carbons (Fsp3) is 0.500. The first kappa shape index (κ1) is 13.3. The number of thiocarbonyl (C=S) groups is 1. The number of nitrogens with one attached hydrogen (secondary N) is 1. The van der Waals surface area contributed by atoms with Gasteiger partial charge in [-0.3, -0.25) is 4.90 Å². The van der Waals surface area contributed by atoms with Crippen molar-refractivity contribution in [2.75, 3.05) is 42.9 Å². The third-order valence-corrected chi connectivity index (χ3v) is 3.49. The highest BCUT2D eigenvalue weighted by atomic mass is 32.1. The molecule has 0 amide bonds. The highest BCUT2D eigenvalue weighted by molar-refractivity contribution is 7.79. The van der Waals surface area contributed by atoms with Crippen molar-refractivity contribution in [2.45, 2.75) is 13.3 Å². The van der Waals surface area contributed by atoms with Crippen LogP contribution in [0.25, 0.3) is 0 Å². The van der Waals surface area contributed by atoms with Gasteiger partial charge in [-0.25, -0.2) is 0 Å². The summed E-state index contributed by atoms with van der Waals surface area (Å²) in [5.41, 5.74) is 3.90. The van der Waals surface area contributed by atoms with Gasteiger partial charge in [0.15, 0.2) is 0 Å². The minimum Gasteiger partial charge on any atom is -0.369 e. The van der Waals surface area contributed by atoms with Crippen molar-refractivity contribution in [3.8, 4) is 0 Å². The molecule has 0 bridgehead atoms. The van der Waals surface area contributed by atoms with Gasteiger partial charge >= 0.3 is 0 Å². The van der Waals surface area contributed by atoms with Gasteiger partial charge < -0.3 is 10.2 Å². The lowest BCUT2D eigenvalue weighted by Gasteiger charge is -2.36. The summed E-state index contributed by atoms with van der Waals surface area (Å²) in [6.45, 7) is 8.07. The van der Waals surface area contributed by atoms with Gasteiger partial charge in [0, 0.05) is 37.6 Å². The molecule has 4 heteroatoms. The zero-order valence-corrected chi connectivity index (χ0v) is 11.7. The van der Waals surface area contributed by atoms with Gasteiger partial charge in [-0.1, -0.05) is 19.1 Å². The lowest BCUT2D eigenvalue weighted by Crippen LogP contribution is -2.46. The van der Waals surface area contributed by atoms with Crippen LogP contribution < -0.4 is 10.2 Å². The van der Waals surface area contributed by atoms with Crippen LogP contribution >= 0.6 is 12.2 Å². The Labute approximate surface area is 115 Å². The number of nitrogens with zero attached hydrogens (tertiary/aromatic N) is 2. The topological polar surface area (TPSA) is 18.5 Å². The molecule has 1 aromatic carbocycles. The third-order valence-electron chi connectivity index (χ3n) is 3.37. The van der Waals surface area contributed by atoms with E-state index in [0.29, 0.717) is 0 Å². The van der Waals surface area contributed by atoms with Crippen molar-refractivity contribution in [3.05, 3.63) is 24.3 Å². The van der Waals surface area contributed by atoms with Gasteiger partial charge in [-0.2, -0.15) is 0 Å². The molecule has 18 heavy (non-hydrogen) atoms. The molecule has 0 aliphatic carbocycles. The fourth-order valence-electron chi connectivity index (χ4n) is 2.38. The van der Waals surface area contributed by atoms with E-state index in [9.17, 15) is 0 Å². The molecule has 1 heterocycles. The lowest BCUT2D eigenvalue weighted by atomic mass is 10.2. The average Bonchev–Trinajstić information content (AvgIpc) is 2.41. The second kappa shape index (κ2) is 6.71. The predicted octanol–water partition coefficient (Wildman–Crippen LogP) is 2.59. The van der Waals surface area contributed by atoms with Crippen molar-refractivity contribution in [1.29, 1.82) is 0 Å². The van der Waals surface area contributed by atoms with Crippen LogP contribution in [0.5, 0.6) is 0 Å². The monoisotopic (exact) mass is 263 g/mol. The third kappa shape index (κ3) is 3.43. The van der Waals surface area contributed by atoms with Crippen molar-refractivity contribution in [3.63, 3.8) is 0 Å². The van der Waals surface area contributed by atoms with Gasteiger partial charge in [0.05, 0.1) is 5.49 Å². The summed E-state index contributed by atoms with van der Waals surface area (Å²) in [5, 5.41) is 3.02. The highest BCUT2D eigenvalue weighted by Gasteiger charge is 2.15. The molecular weight excluding hydrogens is 242 g/mol. The van der Waals surface area contributed by atoms with Crippen LogP contribution in [0.2, 0.25) is 0 Å². The Balaban J connectivity index is 1.90. The molecule has 0 unspecified atom stereocenters. The van der Waals surface area contributed by atoms with Crippen molar-refractivity contribution in [2.24, 2.45) is 0 Å². The van der Waals surface area contributed by atoms with E-state index >= 15 is 0 Å². The van der Waals surface area contributed by atoms with Crippen LogP contribution in [0.15, 0.2) is 24.3 Å². The maximum absolute atomic E-state index is 4.78. The molecule has 0 saturated carbocycles. The van der Waals surface area contributed by atoms with E-state index in [1.54, 1.807) is 5.49 Å². The molecule has 1 aromatic rings. The van der Waals surface area contributed by atoms with Crippen LogP contribution in [-0.4, -0.2) is 43.1 Å². The summed E-state index contributed by atoms with van der Waals surface area (Å²) in [4.78, 5) is 4.99. The first-order chi connectivity index (χ1) is 8.83. The first-order valence-corrected chi connectivity index (χ1v) is 7.08. The molecule has 1 fully saturated rings. The van der Waals surface area contributed by atoms with Gasteiger partial charge in [-0.05, 0) is 37.2 Å². The van der Waals surface area contributed by atoms with Crippen LogP contribution in [-0.2, 0) is 0 Å². The van der Waals surface area contributed by atoms with Crippen molar-refractivity contribution >= 4 is 29.1 Å². The molecule has 1 saturated heterocycles. The van der Waals surface area contributed by atoms with E-state index < -0.39 is 0 Å². The number of anilines is 2. The highest BCUT2D eigenvalue weighted by Crippen LogP contribution is 2.19. The summed E-state index contributed by atoms with van der Waals surface area (Å²) in [6, 6.07) is 8.49. The Bertz CT molecular complexity index is 369. The largest absolute Gasteiger partial charge is 0.369 e. The van der Waals surface area contributed by atoms with E-state index in [1.165, 1.54) is 31.7 Å². The summed E-state index contributed by atoms with van der Waals surface area (Å²) in [5.74, 6) is 0.